The molecule has 4 heteroatoms. The molecule has 0 aliphatic carbocycles. The van der Waals surface area contributed by atoms with Crippen LogP contribution in [0.4, 0.5) is 0 Å². The number of nitrogens with zero attached hydrogens (tertiary/aromatic N) is 1. The molecule has 0 fully saturated rings. The summed E-state index contributed by atoms with van der Waals surface area (Å²) in [7, 11) is 0. The van der Waals surface area contributed by atoms with Crippen LogP contribution in [0.1, 0.15) is 37.5 Å². The zero-order chi connectivity index (χ0) is 18.8. The first-order chi connectivity index (χ1) is 12.6. The third kappa shape index (κ3) is 6.52. The first-order valence-electron chi connectivity index (χ1n) is 9.32. The van der Waals surface area contributed by atoms with Crippen LogP contribution < -0.4 is 4.74 Å². The highest BCUT2D eigenvalue weighted by atomic mass is 16.6. The number of carbonyl (C=O) groups excluding carboxylic acids is 1. The third-order valence-corrected chi connectivity index (χ3v) is 4.39. The summed E-state index contributed by atoms with van der Waals surface area (Å²) in [4.78, 5) is 14.2. The molecule has 0 bridgehead atoms. The van der Waals surface area contributed by atoms with Crippen molar-refractivity contribution in [1.82, 2.24) is 4.90 Å². The summed E-state index contributed by atoms with van der Waals surface area (Å²) >= 11 is 0. The number of rotatable bonds is 10. The summed E-state index contributed by atoms with van der Waals surface area (Å²) < 4.78 is 10.8. The summed E-state index contributed by atoms with van der Waals surface area (Å²) in [5, 5.41) is 0. The molecule has 0 aliphatic rings. The number of benzene rings is 2. The maximum atomic E-state index is 11.9. The van der Waals surface area contributed by atoms with Crippen LogP contribution in [0.15, 0.2) is 48.5 Å². The van der Waals surface area contributed by atoms with Gasteiger partial charge in [-0.25, -0.2) is 4.79 Å². The van der Waals surface area contributed by atoms with E-state index in [-0.39, 0.29) is 19.2 Å². The molecule has 0 spiro atoms. The third-order valence-electron chi connectivity index (χ3n) is 4.39. The van der Waals surface area contributed by atoms with Gasteiger partial charge in [0.2, 0.25) is 0 Å². The minimum Gasteiger partial charge on any atom is -0.482 e. The lowest BCUT2D eigenvalue weighted by molar-refractivity contribution is -0.147. The van der Waals surface area contributed by atoms with Gasteiger partial charge in [-0.15, -0.1) is 0 Å². The second-order valence-electron chi connectivity index (χ2n) is 6.23. The first kappa shape index (κ1) is 20.0. The lowest BCUT2D eigenvalue weighted by Gasteiger charge is -2.18. The summed E-state index contributed by atoms with van der Waals surface area (Å²) in [6, 6.07) is 16.0. The fourth-order valence-electron chi connectivity index (χ4n) is 2.65. The molecule has 0 aliphatic heterocycles. The van der Waals surface area contributed by atoms with Crippen LogP contribution in [0.2, 0.25) is 0 Å². The highest BCUT2D eigenvalue weighted by Gasteiger charge is 2.06. The fourth-order valence-corrected chi connectivity index (χ4v) is 2.65. The van der Waals surface area contributed by atoms with Gasteiger partial charge in [-0.3, -0.25) is 4.90 Å². The monoisotopic (exact) mass is 355 g/mol. The quantitative estimate of drug-likeness (QED) is 0.598. The summed E-state index contributed by atoms with van der Waals surface area (Å²) in [6.45, 7) is 9.62. The van der Waals surface area contributed by atoms with Crippen LogP contribution >= 0.6 is 0 Å². The van der Waals surface area contributed by atoms with Crippen molar-refractivity contribution in [3.8, 4) is 5.75 Å². The van der Waals surface area contributed by atoms with Crippen molar-refractivity contribution in [1.29, 1.82) is 0 Å². The molecule has 0 atom stereocenters. The van der Waals surface area contributed by atoms with Gasteiger partial charge in [0.25, 0.3) is 0 Å². The molecule has 0 heterocycles. The van der Waals surface area contributed by atoms with E-state index in [1.165, 1.54) is 11.1 Å². The standard InChI is InChI=1S/C22H29NO3/c1-4-18-8-7-9-21(14-18)25-17-22(24)26-16-20-12-10-19(11-13-20)15-23(5-2)6-3/h7-14H,4-6,15-17H2,1-3H3. The van der Waals surface area contributed by atoms with Crippen LogP contribution in [0.3, 0.4) is 0 Å². The number of ether oxygens (including phenoxy) is 2. The van der Waals surface area contributed by atoms with E-state index in [2.05, 4.69) is 37.8 Å². The Morgan fingerprint density at radius 1 is 0.923 bits per heavy atom. The number of hydrogen-bond acceptors (Lipinski definition) is 4. The van der Waals surface area contributed by atoms with Crippen molar-refractivity contribution >= 4 is 5.97 Å². The van der Waals surface area contributed by atoms with Crippen molar-refractivity contribution in [2.45, 2.75) is 40.3 Å². The van der Waals surface area contributed by atoms with Crippen molar-refractivity contribution in [3.05, 3.63) is 65.2 Å². The molecular formula is C22H29NO3. The molecule has 0 radical (unpaired) electrons. The van der Waals surface area contributed by atoms with Gasteiger partial charge in [-0.1, -0.05) is 57.2 Å². The maximum Gasteiger partial charge on any atom is 0.344 e. The Bertz CT molecular complexity index is 678. The highest BCUT2D eigenvalue weighted by molar-refractivity contribution is 5.71. The van der Waals surface area contributed by atoms with E-state index in [0.29, 0.717) is 5.75 Å². The summed E-state index contributed by atoms with van der Waals surface area (Å²) in [6.07, 6.45) is 0.936. The minimum absolute atomic E-state index is 0.0762. The number of hydrogen-bond donors (Lipinski definition) is 0. The zero-order valence-corrected chi connectivity index (χ0v) is 16.0. The van der Waals surface area contributed by atoms with Crippen LogP contribution in [-0.4, -0.2) is 30.6 Å². The summed E-state index contributed by atoms with van der Waals surface area (Å²) in [5.41, 5.74) is 3.43. The summed E-state index contributed by atoms with van der Waals surface area (Å²) in [5.74, 6) is 0.334. The van der Waals surface area contributed by atoms with Crippen LogP contribution in [0.5, 0.6) is 5.75 Å². The van der Waals surface area contributed by atoms with Crippen molar-refractivity contribution in [2.75, 3.05) is 19.7 Å². The number of carbonyl (C=O) groups is 1. The highest BCUT2D eigenvalue weighted by Crippen LogP contribution is 2.14. The van der Waals surface area contributed by atoms with Gasteiger partial charge in [0.15, 0.2) is 6.61 Å². The molecule has 0 amide bonds. The molecular weight excluding hydrogens is 326 g/mol. The lowest BCUT2D eigenvalue weighted by Crippen LogP contribution is -2.22. The second kappa shape index (κ2) is 10.6. The van der Waals surface area contributed by atoms with Crippen molar-refractivity contribution in [2.24, 2.45) is 0 Å². The Morgan fingerprint density at radius 3 is 2.27 bits per heavy atom. The molecule has 4 nitrogen and oxygen atoms in total. The van der Waals surface area contributed by atoms with Gasteiger partial charge in [-0.2, -0.15) is 0 Å². The van der Waals surface area contributed by atoms with Crippen LogP contribution in [0.25, 0.3) is 0 Å². The largest absolute Gasteiger partial charge is 0.482 e. The van der Waals surface area contributed by atoms with Crippen molar-refractivity contribution in [3.63, 3.8) is 0 Å². The maximum absolute atomic E-state index is 11.9. The average molecular weight is 355 g/mol. The Hall–Kier alpha value is -2.33. The van der Waals surface area contributed by atoms with Crippen LogP contribution in [-0.2, 0) is 29.1 Å². The molecule has 0 unspecified atom stereocenters. The predicted molar refractivity (Wildman–Crippen MR) is 104 cm³/mol. The molecule has 2 aromatic rings. The topological polar surface area (TPSA) is 38.8 Å². The Labute approximate surface area is 156 Å². The smallest absolute Gasteiger partial charge is 0.344 e. The van der Waals surface area contributed by atoms with Gasteiger partial charge in [-0.05, 0) is 48.3 Å². The molecule has 2 rings (SSSR count). The Kier molecular flexibility index (Phi) is 8.16. The normalized spacial score (nSPS) is 10.8. The van der Waals surface area contributed by atoms with Crippen LogP contribution in [0, 0.1) is 0 Å². The average Bonchev–Trinajstić information content (AvgIpc) is 2.70. The Morgan fingerprint density at radius 2 is 1.62 bits per heavy atom. The molecule has 0 aromatic heterocycles. The van der Waals surface area contributed by atoms with E-state index in [1.807, 2.05) is 36.4 Å². The molecule has 0 saturated heterocycles. The number of esters is 1. The zero-order valence-electron chi connectivity index (χ0n) is 16.0. The molecule has 2 aromatic carbocycles. The SMILES string of the molecule is CCc1cccc(OCC(=O)OCc2ccc(CN(CC)CC)cc2)c1. The van der Waals surface area contributed by atoms with Gasteiger partial charge in [0.05, 0.1) is 0 Å². The fraction of sp³-hybridized carbons (Fsp3) is 0.409. The van der Waals surface area contributed by atoms with E-state index in [4.69, 9.17) is 9.47 Å². The molecule has 26 heavy (non-hydrogen) atoms. The Balaban J connectivity index is 1.76. The molecule has 0 N–H and O–H groups in total. The van der Waals surface area contributed by atoms with E-state index in [0.717, 1.165) is 31.6 Å². The minimum atomic E-state index is -0.362. The van der Waals surface area contributed by atoms with Gasteiger partial charge in [0.1, 0.15) is 12.4 Å². The van der Waals surface area contributed by atoms with Gasteiger partial charge in [0, 0.05) is 6.54 Å². The van der Waals surface area contributed by atoms with Crippen molar-refractivity contribution < 1.29 is 14.3 Å². The first-order valence-corrected chi connectivity index (χ1v) is 9.32. The van der Waals surface area contributed by atoms with E-state index < -0.39 is 0 Å². The lowest BCUT2D eigenvalue weighted by atomic mass is 10.1. The molecule has 0 saturated carbocycles. The van der Waals surface area contributed by atoms with Gasteiger partial charge < -0.3 is 9.47 Å². The number of aryl methyl sites for hydroxylation is 1. The molecule has 140 valence electrons. The van der Waals surface area contributed by atoms with E-state index in [9.17, 15) is 4.79 Å². The second-order valence-corrected chi connectivity index (χ2v) is 6.23. The predicted octanol–water partition coefficient (Wildman–Crippen LogP) is 4.21. The van der Waals surface area contributed by atoms with E-state index in [1.54, 1.807) is 0 Å². The van der Waals surface area contributed by atoms with Gasteiger partial charge >= 0.3 is 5.97 Å². The van der Waals surface area contributed by atoms with E-state index >= 15 is 0 Å².